The van der Waals surface area contributed by atoms with Gasteiger partial charge in [-0.15, -0.1) is 0 Å². The summed E-state index contributed by atoms with van der Waals surface area (Å²) in [5.41, 5.74) is 21.0. The molecule has 0 bridgehead atoms. The van der Waals surface area contributed by atoms with E-state index in [-0.39, 0.29) is 32.5 Å². The van der Waals surface area contributed by atoms with Gasteiger partial charge in [0.15, 0.2) is 5.82 Å². The van der Waals surface area contributed by atoms with Gasteiger partial charge in [0.2, 0.25) is 0 Å². The molecule has 2 heteroatoms. The molecule has 7 rings (SSSR count). The van der Waals surface area contributed by atoms with Gasteiger partial charge in [-0.1, -0.05) is 222 Å². The first-order valence-electron chi connectivity index (χ1n) is 24.1. The fraction of sp³-hybridized carbons (Fsp3) is 0.375. The Morgan fingerprint density at radius 2 is 0.439 bits per heavy atom. The molecule has 0 aliphatic rings. The molecule has 6 aromatic carbocycles. The van der Waals surface area contributed by atoms with Crippen LogP contribution in [0.2, 0.25) is 0 Å². The maximum absolute atomic E-state index is 4.99. The molecule has 2 nitrogen and oxygen atoms in total. The summed E-state index contributed by atoms with van der Waals surface area (Å²) in [5.74, 6) is 0.714. The van der Waals surface area contributed by atoms with Gasteiger partial charge in [-0.05, 0) is 140 Å². The summed E-state index contributed by atoms with van der Waals surface area (Å²) < 4.78 is 0. The maximum Gasteiger partial charge on any atom is 0.159 e. The molecule has 0 saturated heterocycles. The van der Waals surface area contributed by atoms with Crippen LogP contribution in [0.5, 0.6) is 0 Å². The van der Waals surface area contributed by atoms with Crippen LogP contribution in [0.3, 0.4) is 0 Å². The lowest BCUT2D eigenvalue weighted by Crippen LogP contribution is -2.16. The molecule has 0 atom stereocenters. The van der Waals surface area contributed by atoms with Crippen LogP contribution >= 0.6 is 0 Å². The van der Waals surface area contributed by atoms with Crippen molar-refractivity contribution >= 4 is 0 Å². The molecule has 0 unspecified atom stereocenters. The highest BCUT2D eigenvalue weighted by atomic mass is 14.9. The maximum atomic E-state index is 4.99. The van der Waals surface area contributed by atoms with E-state index < -0.39 is 0 Å². The normalized spacial score (nSPS) is 13.0. The fourth-order valence-corrected chi connectivity index (χ4v) is 8.45. The zero-order chi connectivity index (χ0) is 48.4. The van der Waals surface area contributed by atoms with Crippen LogP contribution in [0.15, 0.2) is 134 Å². The first-order valence-corrected chi connectivity index (χ1v) is 24.1. The van der Waals surface area contributed by atoms with Crippen molar-refractivity contribution in [2.24, 2.45) is 0 Å². The van der Waals surface area contributed by atoms with E-state index in [4.69, 9.17) is 9.97 Å². The van der Waals surface area contributed by atoms with Crippen molar-refractivity contribution in [3.8, 4) is 67.0 Å². The third-order valence-corrected chi connectivity index (χ3v) is 13.2. The number of hydrogen-bond donors (Lipinski definition) is 0. The Balaban J connectivity index is 1.24. The van der Waals surface area contributed by atoms with Crippen molar-refractivity contribution in [3.05, 3.63) is 167 Å². The summed E-state index contributed by atoms with van der Waals surface area (Å²) in [7, 11) is 0. The molecule has 0 N–H and O–H groups in total. The van der Waals surface area contributed by atoms with Gasteiger partial charge in [0.05, 0.1) is 0 Å². The van der Waals surface area contributed by atoms with Gasteiger partial charge in [0.25, 0.3) is 0 Å². The Kier molecular flexibility index (Phi) is 12.6. The molecule has 0 saturated carbocycles. The highest BCUT2D eigenvalue weighted by Gasteiger charge is 2.25. The molecule has 1 aromatic heterocycles. The lowest BCUT2D eigenvalue weighted by atomic mass is 9.78. The number of hydrogen-bond acceptors (Lipinski definition) is 2. The molecule has 0 aliphatic carbocycles. The topological polar surface area (TPSA) is 25.8 Å². The molecule has 7 aromatic rings. The Hall–Kier alpha value is -5.60. The zero-order valence-electron chi connectivity index (χ0n) is 43.6. The second-order valence-electron chi connectivity index (χ2n) is 25.2. The Morgan fingerprint density at radius 3 is 0.742 bits per heavy atom. The first-order chi connectivity index (χ1) is 30.4. The molecule has 0 amide bonds. The second-order valence-corrected chi connectivity index (χ2v) is 25.2. The highest BCUT2D eigenvalue weighted by Crippen LogP contribution is 2.41. The van der Waals surface area contributed by atoms with E-state index in [9.17, 15) is 0 Å². The summed E-state index contributed by atoms with van der Waals surface area (Å²) in [6, 6.07) is 46.3. The standard InChI is InChI=1S/C64H76N2/c1-59(2,3)52-29-45(27-47(31-52)49-33-54(61(7,8)9)37-55(34-49)62(10,11)12)41-21-19-23-43(25-41)51-39-65-58(66-40-51)44-24-20-22-42(26-44)46-28-48(32-53(30-46)60(4,5)6)50-35-56(63(13,14)15)38-57(36-50)64(16,17)18/h19-40H,1-18H3. The third kappa shape index (κ3) is 11.0. The van der Waals surface area contributed by atoms with Crippen LogP contribution in [0.4, 0.5) is 0 Å². The molecular weight excluding hydrogens is 797 g/mol. The average molecular weight is 873 g/mol. The largest absolute Gasteiger partial charge is 0.236 e. The Bertz CT molecular complexity index is 2620. The van der Waals surface area contributed by atoms with E-state index in [2.05, 4.69) is 246 Å². The molecule has 0 radical (unpaired) electrons. The highest BCUT2D eigenvalue weighted by molar-refractivity contribution is 5.80. The van der Waals surface area contributed by atoms with Crippen LogP contribution in [0.1, 0.15) is 158 Å². The summed E-state index contributed by atoms with van der Waals surface area (Å²) in [6.07, 6.45) is 3.95. The Morgan fingerprint density at radius 1 is 0.227 bits per heavy atom. The van der Waals surface area contributed by atoms with Crippen molar-refractivity contribution < 1.29 is 0 Å². The monoisotopic (exact) mass is 873 g/mol. The van der Waals surface area contributed by atoms with Crippen LogP contribution in [0.25, 0.3) is 67.0 Å². The Labute approximate surface area is 399 Å². The lowest BCUT2D eigenvalue weighted by Gasteiger charge is -2.27. The van der Waals surface area contributed by atoms with E-state index in [1.807, 2.05) is 12.4 Å². The molecule has 342 valence electrons. The SMILES string of the molecule is CC(C)(C)c1cc(-c2cccc(-c3cnc(-c4cccc(-c5cc(-c6cc(C(C)(C)C)cc(C(C)(C)C)c6)cc(C(C)(C)C)c5)c4)nc3)c2)cc(-c2cc(C(C)(C)C)cc(C(C)(C)C)c2)c1. The minimum absolute atomic E-state index is 0.0241. The lowest BCUT2D eigenvalue weighted by molar-refractivity contribution is 0.568. The summed E-state index contributed by atoms with van der Waals surface area (Å²) in [6.45, 7) is 41.6. The van der Waals surface area contributed by atoms with Crippen LogP contribution in [-0.2, 0) is 32.5 Å². The number of rotatable bonds is 6. The summed E-state index contributed by atoms with van der Waals surface area (Å²) in [5, 5.41) is 0. The minimum atomic E-state index is -0.0288. The van der Waals surface area contributed by atoms with Crippen molar-refractivity contribution in [1.29, 1.82) is 0 Å². The third-order valence-electron chi connectivity index (χ3n) is 13.2. The predicted octanol–water partition coefficient (Wildman–Crippen LogP) is 18.3. The molecular formula is C64H76N2. The van der Waals surface area contributed by atoms with Crippen molar-refractivity contribution in [2.75, 3.05) is 0 Å². The quantitative estimate of drug-likeness (QED) is 0.166. The predicted molar refractivity (Wildman–Crippen MR) is 287 cm³/mol. The van der Waals surface area contributed by atoms with Gasteiger partial charge in [0.1, 0.15) is 0 Å². The van der Waals surface area contributed by atoms with E-state index in [1.54, 1.807) is 0 Å². The molecule has 1 heterocycles. The molecule has 66 heavy (non-hydrogen) atoms. The van der Waals surface area contributed by atoms with Gasteiger partial charge in [-0.25, -0.2) is 9.97 Å². The van der Waals surface area contributed by atoms with E-state index in [1.165, 1.54) is 72.3 Å². The van der Waals surface area contributed by atoms with E-state index in [0.29, 0.717) is 5.82 Å². The van der Waals surface area contributed by atoms with Gasteiger partial charge in [0, 0.05) is 23.5 Å². The van der Waals surface area contributed by atoms with Gasteiger partial charge in [-0.2, -0.15) is 0 Å². The number of nitrogens with zero attached hydrogens (tertiary/aromatic N) is 2. The number of aromatic nitrogens is 2. The van der Waals surface area contributed by atoms with E-state index in [0.717, 1.165) is 22.3 Å². The van der Waals surface area contributed by atoms with Crippen molar-refractivity contribution in [3.63, 3.8) is 0 Å². The summed E-state index contributed by atoms with van der Waals surface area (Å²) in [4.78, 5) is 9.99. The van der Waals surface area contributed by atoms with Crippen LogP contribution in [-0.4, -0.2) is 9.97 Å². The first kappa shape index (κ1) is 48.3. The fourth-order valence-electron chi connectivity index (χ4n) is 8.45. The van der Waals surface area contributed by atoms with Gasteiger partial charge in [-0.3, -0.25) is 0 Å². The van der Waals surface area contributed by atoms with Crippen molar-refractivity contribution in [1.82, 2.24) is 9.97 Å². The number of benzene rings is 6. The smallest absolute Gasteiger partial charge is 0.159 e. The molecule has 0 aliphatic heterocycles. The van der Waals surface area contributed by atoms with E-state index >= 15 is 0 Å². The summed E-state index contributed by atoms with van der Waals surface area (Å²) >= 11 is 0. The zero-order valence-corrected chi connectivity index (χ0v) is 43.6. The van der Waals surface area contributed by atoms with Crippen molar-refractivity contribution in [2.45, 2.75) is 157 Å². The van der Waals surface area contributed by atoms with Gasteiger partial charge >= 0.3 is 0 Å². The minimum Gasteiger partial charge on any atom is -0.236 e. The average Bonchev–Trinajstić information content (AvgIpc) is 3.24. The van der Waals surface area contributed by atoms with Gasteiger partial charge < -0.3 is 0 Å². The second kappa shape index (κ2) is 17.2. The van der Waals surface area contributed by atoms with Crippen LogP contribution < -0.4 is 0 Å². The molecule has 0 spiro atoms. The van der Waals surface area contributed by atoms with Crippen LogP contribution in [0, 0.1) is 0 Å². The molecule has 0 fully saturated rings.